The number of esters is 1. The highest BCUT2D eigenvalue weighted by Crippen LogP contribution is 2.40. The molecular weight excluding hydrogens is 280 g/mol. The minimum absolute atomic E-state index is 0.371. The maximum Gasteiger partial charge on any atom is 0.335 e. The van der Waals surface area contributed by atoms with Gasteiger partial charge in [-0.15, -0.1) is 0 Å². The molecule has 1 aliphatic carbocycles. The van der Waals surface area contributed by atoms with Crippen LogP contribution in [0, 0.1) is 5.41 Å². The summed E-state index contributed by atoms with van der Waals surface area (Å²) >= 11 is 0. The molecule has 0 aromatic carbocycles. The van der Waals surface area contributed by atoms with E-state index in [2.05, 4.69) is 0 Å². The number of ether oxygens (including phenoxy) is 1. The normalized spacial score (nSPS) is 17.1. The molecule has 0 spiro atoms. The van der Waals surface area contributed by atoms with Gasteiger partial charge in [-0.05, 0) is 45.4 Å². The van der Waals surface area contributed by atoms with Gasteiger partial charge in [-0.3, -0.25) is 4.79 Å². The fourth-order valence-electron chi connectivity index (χ4n) is 3.06. The monoisotopic (exact) mass is 310 g/mol. The number of rotatable bonds is 9. The Kier molecular flexibility index (Phi) is 7.63. The van der Waals surface area contributed by atoms with Crippen molar-refractivity contribution in [1.29, 1.82) is 0 Å². The molecule has 0 heterocycles. The predicted octanol–water partition coefficient (Wildman–Crippen LogP) is 4.48. The zero-order valence-corrected chi connectivity index (χ0v) is 14.2. The van der Waals surface area contributed by atoms with Crippen molar-refractivity contribution in [1.82, 2.24) is 0 Å². The Morgan fingerprint density at radius 2 is 1.73 bits per heavy atom. The van der Waals surface area contributed by atoms with Crippen LogP contribution in [0.3, 0.4) is 0 Å². The Labute approximate surface area is 133 Å². The van der Waals surface area contributed by atoms with Gasteiger partial charge in [0.25, 0.3) is 0 Å². The summed E-state index contributed by atoms with van der Waals surface area (Å²) < 4.78 is 5.37. The fraction of sp³-hybridized carbons (Fsp3) is 0.778. The van der Waals surface area contributed by atoms with E-state index in [-0.39, 0.29) is 0 Å². The first-order valence-electron chi connectivity index (χ1n) is 8.60. The number of carbonyl (C=O) groups is 2. The lowest BCUT2D eigenvalue weighted by Gasteiger charge is -2.28. The van der Waals surface area contributed by atoms with Gasteiger partial charge in [-0.1, -0.05) is 38.7 Å². The van der Waals surface area contributed by atoms with Crippen LogP contribution >= 0.6 is 0 Å². The smallest absolute Gasteiger partial charge is 0.335 e. The molecule has 1 atom stereocenters. The van der Waals surface area contributed by atoms with E-state index in [0.29, 0.717) is 18.6 Å². The molecule has 22 heavy (non-hydrogen) atoms. The third-order valence-electron chi connectivity index (χ3n) is 4.55. The number of unbranched alkanes of at least 4 members (excludes halogenated alkanes) is 2. The Bertz CT molecular complexity index is 417. The molecule has 0 aliphatic heterocycles. The van der Waals surface area contributed by atoms with Crippen molar-refractivity contribution in [2.45, 2.75) is 78.6 Å². The molecule has 4 heteroatoms. The third kappa shape index (κ3) is 4.59. The fourth-order valence-corrected chi connectivity index (χ4v) is 3.06. The lowest BCUT2D eigenvalue weighted by molar-refractivity contribution is -0.151. The molecule has 126 valence electrons. The Hall–Kier alpha value is -1.32. The summed E-state index contributed by atoms with van der Waals surface area (Å²) in [6.45, 7) is 6.12. The standard InChI is InChI=1S/C18H30O4/c1-4-6-12-18(3,17(20)21)15(14-10-8-9-11-14)16(19)22-13-7-5-2/h4-13H2,1-3H3,(H,20,21). The van der Waals surface area contributed by atoms with Gasteiger partial charge in [-0.2, -0.15) is 0 Å². The van der Waals surface area contributed by atoms with Crippen molar-refractivity contribution >= 4 is 11.9 Å². The number of hydrogen-bond acceptors (Lipinski definition) is 3. The van der Waals surface area contributed by atoms with Crippen LogP contribution in [-0.4, -0.2) is 23.7 Å². The molecule has 1 saturated carbocycles. The zero-order valence-electron chi connectivity index (χ0n) is 14.2. The molecule has 1 fully saturated rings. The van der Waals surface area contributed by atoms with E-state index in [1.807, 2.05) is 13.8 Å². The minimum Gasteiger partial charge on any atom is -0.481 e. The Morgan fingerprint density at radius 1 is 1.14 bits per heavy atom. The molecule has 0 bridgehead atoms. The lowest BCUT2D eigenvalue weighted by Crippen LogP contribution is -2.35. The molecule has 0 aromatic rings. The van der Waals surface area contributed by atoms with Gasteiger partial charge in [-0.25, -0.2) is 4.79 Å². The molecule has 0 aromatic heterocycles. The highest BCUT2D eigenvalue weighted by molar-refractivity contribution is 5.98. The minimum atomic E-state index is -1.13. The Balaban J connectivity index is 3.10. The highest BCUT2D eigenvalue weighted by atomic mass is 16.5. The number of carboxylic acid groups (broad SMARTS) is 1. The summed E-state index contributed by atoms with van der Waals surface area (Å²) in [6.07, 6.45) is 7.67. The second-order valence-corrected chi connectivity index (χ2v) is 6.42. The first kappa shape index (κ1) is 18.7. The molecule has 1 rings (SSSR count). The summed E-state index contributed by atoms with van der Waals surface area (Å²) in [5.74, 6) is -1.32. The van der Waals surface area contributed by atoms with Gasteiger partial charge < -0.3 is 9.84 Å². The van der Waals surface area contributed by atoms with E-state index < -0.39 is 17.4 Å². The van der Waals surface area contributed by atoms with Crippen molar-refractivity contribution in [3.8, 4) is 0 Å². The first-order valence-corrected chi connectivity index (χ1v) is 8.60. The number of carboxylic acids is 1. The van der Waals surface area contributed by atoms with Crippen molar-refractivity contribution in [2.75, 3.05) is 6.61 Å². The van der Waals surface area contributed by atoms with E-state index in [0.717, 1.165) is 56.9 Å². The molecule has 1 N–H and O–H groups in total. The van der Waals surface area contributed by atoms with Gasteiger partial charge in [0.1, 0.15) is 0 Å². The summed E-state index contributed by atoms with van der Waals surface area (Å²) in [7, 11) is 0. The summed E-state index contributed by atoms with van der Waals surface area (Å²) in [4.78, 5) is 24.5. The number of aliphatic carboxylic acids is 1. The van der Waals surface area contributed by atoms with Crippen LogP contribution in [0.15, 0.2) is 11.1 Å². The van der Waals surface area contributed by atoms with Crippen molar-refractivity contribution in [3.63, 3.8) is 0 Å². The Morgan fingerprint density at radius 3 is 2.23 bits per heavy atom. The van der Waals surface area contributed by atoms with Crippen LogP contribution in [-0.2, 0) is 14.3 Å². The van der Waals surface area contributed by atoms with Gasteiger partial charge >= 0.3 is 11.9 Å². The molecule has 0 saturated heterocycles. The van der Waals surface area contributed by atoms with E-state index in [1.54, 1.807) is 6.92 Å². The molecule has 4 nitrogen and oxygen atoms in total. The predicted molar refractivity (Wildman–Crippen MR) is 86.6 cm³/mol. The summed E-state index contributed by atoms with van der Waals surface area (Å²) in [5.41, 5.74) is 0.309. The van der Waals surface area contributed by atoms with Crippen LogP contribution in [0.1, 0.15) is 78.6 Å². The van der Waals surface area contributed by atoms with Crippen LogP contribution in [0.5, 0.6) is 0 Å². The van der Waals surface area contributed by atoms with Gasteiger partial charge in [0, 0.05) is 0 Å². The topological polar surface area (TPSA) is 63.6 Å². The first-order chi connectivity index (χ1) is 10.5. The van der Waals surface area contributed by atoms with Crippen LogP contribution in [0.4, 0.5) is 0 Å². The zero-order chi connectivity index (χ0) is 16.6. The average Bonchev–Trinajstić information content (AvgIpc) is 2.99. The molecule has 1 aliphatic rings. The SMILES string of the molecule is CCCCOC(=O)C(=C1CCCC1)C(C)(CCCC)C(=O)O. The second-order valence-electron chi connectivity index (χ2n) is 6.42. The quantitative estimate of drug-likeness (QED) is 0.387. The van der Waals surface area contributed by atoms with E-state index in [1.165, 1.54) is 0 Å². The third-order valence-corrected chi connectivity index (χ3v) is 4.55. The molecular formula is C18H30O4. The van der Waals surface area contributed by atoms with E-state index in [9.17, 15) is 14.7 Å². The average molecular weight is 310 g/mol. The highest BCUT2D eigenvalue weighted by Gasteiger charge is 2.43. The van der Waals surface area contributed by atoms with Crippen molar-refractivity contribution < 1.29 is 19.4 Å². The largest absolute Gasteiger partial charge is 0.481 e. The summed E-state index contributed by atoms with van der Waals surface area (Å²) in [5, 5.41) is 9.77. The maximum atomic E-state index is 12.6. The lowest BCUT2D eigenvalue weighted by atomic mass is 9.75. The van der Waals surface area contributed by atoms with Crippen LogP contribution < -0.4 is 0 Å². The molecule has 1 unspecified atom stereocenters. The van der Waals surface area contributed by atoms with Gasteiger partial charge in [0.2, 0.25) is 0 Å². The number of carbonyl (C=O) groups excluding carboxylic acids is 1. The second kappa shape index (κ2) is 8.96. The maximum absolute atomic E-state index is 12.6. The van der Waals surface area contributed by atoms with Crippen molar-refractivity contribution in [3.05, 3.63) is 11.1 Å². The van der Waals surface area contributed by atoms with E-state index in [4.69, 9.17) is 4.74 Å². The van der Waals surface area contributed by atoms with Gasteiger partial charge in [0.15, 0.2) is 0 Å². The molecule has 0 radical (unpaired) electrons. The van der Waals surface area contributed by atoms with Crippen LogP contribution in [0.2, 0.25) is 0 Å². The number of allylic oxidation sites excluding steroid dienone is 1. The summed E-state index contributed by atoms with van der Waals surface area (Å²) in [6, 6.07) is 0. The van der Waals surface area contributed by atoms with Crippen LogP contribution in [0.25, 0.3) is 0 Å². The van der Waals surface area contributed by atoms with E-state index >= 15 is 0 Å². The van der Waals surface area contributed by atoms with Crippen molar-refractivity contribution in [2.24, 2.45) is 5.41 Å². The molecule has 0 amide bonds. The number of hydrogen-bond donors (Lipinski definition) is 1. The van der Waals surface area contributed by atoms with Gasteiger partial charge in [0.05, 0.1) is 17.6 Å².